The molecule has 3 atom stereocenters. The van der Waals surface area contributed by atoms with E-state index in [9.17, 15) is 5.11 Å². The minimum atomic E-state index is -0.353. The van der Waals surface area contributed by atoms with Gasteiger partial charge in [0.2, 0.25) is 0 Å². The molecule has 136 valence electrons. The number of phenolic OH excluding ortho intramolecular Hbond substituents is 1. The molecule has 3 fully saturated rings. The lowest BCUT2D eigenvalue weighted by Gasteiger charge is -2.48. The topological polar surface area (TPSA) is 38.7 Å². The SMILES string of the molecule is CC(C)CC[C@]12CC3(CC4c5ccc(O)cc5CCC41C2)OCCO3. The maximum Gasteiger partial charge on any atom is 0.169 e. The molecule has 1 saturated heterocycles. The molecule has 2 unspecified atom stereocenters. The fourth-order valence-electron chi connectivity index (χ4n) is 6.53. The Morgan fingerprint density at radius 2 is 2.00 bits per heavy atom. The predicted molar refractivity (Wildman–Crippen MR) is 96.6 cm³/mol. The average Bonchev–Trinajstić information content (AvgIpc) is 3.00. The monoisotopic (exact) mass is 342 g/mol. The Morgan fingerprint density at radius 3 is 2.76 bits per heavy atom. The predicted octanol–water partition coefficient (Wildman–Crippen LogP) is 4.77. The van der Waals surface area contributed by atoms with Gasteiger partial charge in [-0.2, -0.15) is 0 Å². The van der Waals surface area contributed by atoms with Crippen molar-refractivity contribution < 1.29 is 14.6 Å². The zero-order valence-electron chi connectivity index (χ0n) is 15.5. The molecular formula is C22H30O3. The summed E-state index contributed by atoms with van der Waals surface area (Å²) < 4.78 is 12.4. The smallest absolute Gasteiger partial charge is 0.169 e. The van der Waals surface area contributed by atoms with Crippen molar-refractivity contribution >= 4 is 0 Å². The highest BCUT2D eigenvalue weighted by Gasteiger charge is 2.75. The number of fused-ring (bicyclic) bond motifs is 2. The second kappa shape index (κ2) is 5.23. The molecule has 1 aliphatic heterocycles. The second-order valence-corrected chi connectivity index (χ2v) is 9.47. The summed E-state index contributed by atoms with van der Waals surface area (Å²) in [6.45, 7) is 6.15. The van der Waals surface area contributed by atoms with Gasteiger partial charge in [0.25, 0.3) is 0 Å². The summed E-state index contributed by atoms with van der Waals surface area (Å²) in [5.74, 6) is 1.32. The third kappa shape index (κ3) is 2.24. The third-order valence-corrected chi connectivity index (χ3v) is 7.73. The van der Waals surface area contributed by atoms with Crippen molar-refractivity contribution in [1.82, 2.24) is 0 Å². The first-order valence-corrected chi connectivity index (χ1v) is 10.1. The molecule has 3 aliphatic carbocycles. The van der Waals surface area contributed by atoms with Crippen LogP contribution >= 0.6 is 0 Å². The van der Waals surface area contributed by atoms with Gasteiger partial charge in [-0.3, -0.25) is 0 Å². The lowest BCUT2D eigenvalue weighted by Crippen LogP contribution is -2.45. The van der Waals surface area contributed by atoms with Gasteiger partial charge in [0.15, 0.2) is 5.79 Å². The highest BCUT2D eigenvalue weighted by Crippen LogP contribution is 2.82. The Morgan fingerprint density at radius 1 is 1.20 bits per heavy atom. The van der Waals surface area contributed by atoms with Crippen molar-refractivity contribution in [2.24, 2.45) is 16.7 Å². The summed E-state index contributed by atoms with van der Waals surface area (Å²) >= 11 is 0. The zero-order valence-corrected chi connectivity index (χ0v) is 15.5. The van der Waals surface area contributed by atoms with E-state index in [0.29, 0.717) is 22.5 Å². The Labute approximate surface area is 150 Å². The number of aryl methyl sites for hydroxylation is 1. The van der Waals surface area contributed by atoms with Gasteiger partial charge in [-0.15, -0.1) is 0 Å². The number of hydrogen-bond acceptors (Lipinski definition) is 3. The van der Waals surface area contributed by atoms with Crippen LogP contribution < -0.4 is 0 Å². The maximum atomic E-state index is 9.91. The van der Waals surface area contributed by atoms with Crippen LogP contribution in [0.4, 0.5) is 0 Å². The highest BCUT2D eigenvalue weighted by molar-refractivity contribution is 5.44. The van der Waals surface area contributed by atoms with Gasteiger partial charge in [-0.1, -0.05) is 26.3 Å². The van der Waals surface area contributed by atoms with E-state index in [0.717, 1.165) is 38.4 Å². The quantitative estimate of drug-likeness (QED) is 0.860. The standard InChI is InChI=1S/C22H30O3/c1-15(2)5-7-20-13-21(20)8-6-16-11-17(23)3-4-18(16)19(21)12-22(14-20)24-9-10-25-22/h3-4,11,15,19,23H,5-10,12-14H2,1-2H3/t19?,20-,21?/m0/s1. The number of phenols is 1. The van der Waals surface area contributed by atoms with Gasteiger partial charge >= 0.3 is 0 Å². The van der Waals surface area contributed by atoms with Gasteiger partial charge in [-0.05, 0) is 71.6 Å². The van der Waals surface area contributed by atoms with Crippen molar-refractivity contribution in [2.75, 3.05) is 13.2 Å². The molecule has 0 radical (unpaired) electrons. The van der Waals surface area contributed by atoms with Gasteiger partial charge in [0, 0.05) is 12.8 Å². The third-order valence-electron chi connectivity index (χ3n) is 7.73. The molecule has 0 aromatic heterocycles. The van der Waals surface area contributed by atoms with Gasteiger partial charge in [-0.25, -0.2) is 0 Å². The van der Waals surface area contributed by atoms with E-state index < -0.39 is 0 Å². The van der Waals surface area contributed by atoms with E-state index in [2.05, 4.69) is 19.9 Å². The molecule has 3 nitrogen and oxygen atoms in total. The fraction of sp³-hybridized carbons (Fsp3) is 0.727. The van der Waals surface area contributed by atoms with Crippen LogP contribution in [0.25, 0.3) is 0 Å². The first kappa shape index (κ1) is 16.1. The zero-order chi connectivity index (χ0) is 17.3. The molecule has 5 rings (SSSR count). The Bertz CT molecular complexity index is 691. The van der Waals surface area contributed by atoms with E-state index in [1.807, 2.05) is 12.1 Å². The minimum absolute atomic E-state index is 0.353. The van der Waals surface area contributed by atoms with Crippen LogP contribution in [0.15, 0.2) is 18.2 Å². The molecule has 1 aromatic rings. The average molecular weight is 342 g/mol. The normalized spacial score (nSPS) is 37.6. The number of hydrogen-bond donors (Lipinski definition) is 1. The molecule has 4 aliphatic rings. The second-order valence-electron chi connectivity index (χ2n) is 9.47. The number of aromatic hydroxyl groups is 1. The number of rotatable bonds is 3. The molecule has 25 heavy (non-hydrogen) atoms. The Kier molecular flexibility index (Phi) is 3.38. The lowest BCUT2D eigenvalue weighted by atomic mass is 9.60. The van der Waals surface area contributed by atoms with E-state index >= 15 is 0 Å². The summed E-state index contributed by atoms with van der Waals surface area (Å²) in [5, 5.41) is 9.91. The molecule has 1 heterocycles. The molecule has 1 N–H and O–H groups in total. The van der Waals surface area contributed by atoms with Crippen molar-refractivity contribution in [3.63, 3.8) is 0 Å². The lowest BCUT2D eigenvalue weighted by molar-refractivity contribution is -0.202. The molecule has 0 amide bonds. The van der Waals surface area contributed by atoms with Gasteiger partial charge in [0.1, 0.15) is 5.75 Å². The fourth-order valence-corrected chi connectivity index (χ4v) is 6.53. The van der Waals surface area contributed by atoms with Crippen LogP contribution in [0.1, 0.15) is 69.4 Å². The van der Waals surface area contributed by atoms with Crippen molar-refractivity contribution in [3.8, 4) is 5.75 Å². The minimum Gasteiger partial charge on any atom is -0.508 e. The molecular weight excluding hydrogens is 312 g/mol. The summed E-state index contributed by atoms with van der Waals surface area (Å²) in [7, 11) is 0. The van der Waals surface area contributed by atoms with E-state index in [-0.39, 0.29) is 5.79 Å². The van der Waals surface area contributed by atoms with E-state index in [1.54, 1.807) is 0 Å². The summed E-state index contributed by atoms with van der Waals surface area (Å²) in [5.41, 5.74) is 3.65. The summed E-state index contributed by atoms with van der Waals surface area (Å²) in [6.07, 6.45) is 8.41. The van der Waals surface area contributed by atoms with Gasteiger partial charge < -0.3 is 14.6 Å². The van der Waals surface area contributed by atoms with Gasteiger partial charge in [0.05, 0.1) is 13.2 Å². The van der Waals surface area contributed by atoms with E-state index in [4.69, 9.17) is 9.47 Å². The molecule has 2 saturated carbocycles. The summed E-state index contributed by atoms with van der Waals surface area (Å²) in [6, 6.07) is 6.03. The van der Waals surface area contributed by atoms with Crippen LogP contribution in [-0.4, -0.2) is 24.1 Å². The van der Waals surface area contributed by atoms with Crippen LogP contribution in [0.5, 0.6) is 5.75 Å². The van der Waals surface area contributed by atoms with Crippen LogP contribution in [0.3, 0.4) is 0 Å². The molecule has 0 bridgehead atoms. The molecule has 1 aromatic carbocycles. The molecule has 3 heteroatoms. The first-order chi connectivity index (χ1) is 12.0. The summed E-state index contributed by atoms with van der Waals surface area (Å²) in [4.78, 5) is 0. The van der Waals surface area contributed by atoms with Crippen LogP contribution in [0.2, 0.25) is 0 Å². The van der Waals surface area contributed by atoms with E-state index in [1.165, 1.54) is 36.8 Å². The molecule has 2 spiro atoms. The van der Waals surface area contributed by atoms with Crippen LogP contribution in [0, 0.1) is 16.7 Å². The Hall–Kier alpha value is -1.06. The van der Waals surface area contributed by atoms with Crippen LogP contribution in [-0.2, 0) is 15.9 Å². The highest BCUT2D eigenvalue weighted by atomic mass is 16.7. The largest absolute Gasteiger partial charge is 0.508 e. The number of ether oxygens (including phenoxy) is 2. The maximum absolute atomic E-state index is 9.91. The van der Waals surface area contributed by atoms with Crippen molar-refractivity contribution in [2.45, 2.75) is 70.5 Å². The van der Waals surface area contributed by atoms with Crippen molar-refractivity contribution in [1.29, 1.82) is 0 Å². The first-order valence-electron chi connectivity index (χ1n) is 10.1. The van der Waals surface area contributed by atoms with Crippen molar-refractivity contribution in [3.05, 3.63) is 29.3 Å². The number of benzene rings is 1. The Balaban J connectivity index is 1.55.